The van der Waals surface area contributed by atoms with Gasteiger partial charge in [-0.2, -0.15) is 8.42 Å². The summed E-state index contributed by atoms with van der Waals surface area (Å²) >= 11 is 0. The molecule has 0 aromatic heterocycles. The molecule has 0 radical (unpaired) electrons. The van der Waals surface area contributed by atoms with Gasteiger partial charge >= 0.3 is 10.5 Å². The molecule has 2 rings (SSSR count). The van der Waals surface area contributed by atoms with E-state index in [9.17, 15) is 17.1 Å². The largest absolute Gasteiger partial charge is 0.488 e. The van der Waals surface area contributed by atoms with Crippen LogP contribution in [0.15, 0.2) is 54.6 Å². The number of nitrogens with one attached hydrogen (secondary N) is 1. The molecule has 0 spiro atoms. The third kappa shape index (κ3) is 4.06. The molecule has 2 aromatic rings. The molecule has 1 N–H and O–H groups in total. The Morgan fingerprint density at radius 2 is 1.75 bits per heavy atom. The van der Waals surface area contributed by atoms with Crippen molar-refractivity contribution in [2.75, 3.05) is 5.32 Å². The Bertz CT molecular complexity index is 716. The maximum absolute atomic E-state index is 12.4. The summed E-state index contributed by atoms with van der Waals surface area (Å²) < 4.78 is 37.2. The second kappa shape index (κ2) is 5.70. The third-order valence-electron chi connectivity index (χ3n) is 2.32. The van der Waals surface area contributed by atoms with Gasteiger partial charge in [-0.15, -0.1) is 0 Å². The molecular formula is C13H10FNO4S. The number of hydrogen-bond acceptors (Lipinski definition) is 4. The number of carbonyl (C=O) groups is 1. The SMILES string of the molecule is O=C(Nc1cccc(OS(=O)(=O)F)c1)c1ccccc1. The molecule has 104 valence electrons. The van der Waals surface area contributed by atoms with Gasteiger partial charge in [0.1, 0.15) is 5.75 Å². The molecule has 1 amide bonds. The summed E-state index contributed by atoms with van der Waals surface area (Å²) in [5.41, 5.74) is 0.733. The first-order chi connectivity index (χ1) is 9.44. The highest BCUT2D eigenvalue weighted by Crippen LogP contribution is 2.20. The molecule has 0 aliphatic carbocycles. The molecule has 2 aromatic carbocycles. The number of amides is 1. The summed E-state index contributed by atoms with van der Waals surface area (Å²) in [6.45, 7) is 0. The highest BCUT2D eigenvalue weighted by molar-refractivity contribution is 7.81. The zero-order chi connectivity index (χ0) is 14.6. The van der Waals surface area contributed by atoms with Gasteiger partial charge in [0.25, 0.3) is 5.91 Å². The van der Waals surface area contributed by atoms with E-state index in [0.717, 1.165) is 0 Å². The highest BCUT2D eigenvalue weighted by Gasteiger charge is 2.11. The molecule has 0 unspecified atom stereocenters. The van der Waals surface area contributed by atoms with Gasteiger partial charge in [0.15, 0.2) is 0 Å². The quantitative estimate of drug-likeness (QED) is 0.880. The lowest BCUT2D eigenvalue weighted by atomic mass is 10.2. The number of halogens is 1. The molecule has 0 bridgehead atoms. The van der Waals surface area contributed by atoms with E-state index >= 15 is 0 Å². The molecule has 0 saturated heterocycles. The maximum Gasteiger partial charge on any atom is 0.488 e. The normalized spacial score (nSPS) is 10.8. The predicted molar refractivity (Wildman–Crippen MR) is 71.5 cm³/mol. The van der Waals surface area contributed by atoms with E-state index in [1.807, 2.05) is 0 Å². The molecule has 7 heteroatoms. The fourth-order valence-corrected chi connectivity index (χ4v) is 1.87. The van der Waals surface area contributed by atoms with E-state index in [1.54, 1.807) is 30.3 Å². The molecule has 0 heterocycles. The third-order valence-corrected chi connectivity index (χ3v) is 2.72. The lowest BCUT2D eigenvalue weighted by Crippen LogP contribution is -2.11. The molecule has 0 fully saturated rings. The Labute approximate surface area is 115 Å². The molecule has 0 aliphatic rings. The van der Waals surface area contributed by atoms with Crippen LogP contribution < -0.4 is 9.50 Å². The number of anilines is 1. The van der Waals surface area contributed by atoms with Crippen molar-refractivity contribution in [1.82, 2.24) is 0 Å². The smallest absolute Gasteiger partial charge is 0.358 e. The van der Waals surface area contributed by atoms with Crippen LogP contribution in [0.25, 0.3) is 0 Å². The minimum absolute atomic E-state index is 0.224. The van der Waals surface area contributed by atoms with Gasteiger partial charge in [-0.05, 0) is 24.3 Å². The summed E-state index contributed by atoms with van der Waals surface area (Å²) in [6.07, 6.45) is 0. The van der Waals surface area contributed by atoms with Crippen LogP contribution in [0.1, 0.15) is 10.4 Å². The van der Waals surface area contributed by atoms with Gasteiger partial charge in [0.05, 0.1) is 0 Å². The molecular weight excluding hydrogens is 285 g/mol. The fourth-order valence-electron chi connectivity index (χ4n) is 1.53. The van der Waals surface area contributed by atoms with Gasteiger partial charge in [0.2, 0.25) is 0 Å². The van der Waals surface area contributed by atoms with Crippen molar-refractivity contribution < 1.29 is 21.3 Å². The first kappa shape index (κ1) is 14.0. The van der Waals surface area contributed by atoms with Crippen LogP contribution in [0.3, 0.4) is 0 Å². The zero-order valence-corrected chi connectivity index (χ0v) is 10.9. The number of rotatable bonds is 4. The summed E-state index contributed by atoms with van der Waals surface area (Å²) in [7, 11) is -5.09. The summed E-state index contributed by atoms with van der Waals surface area (Å²) in [5, 5.41) is 2.55. The Hall–Kier alpha value is -2.41. The number of hydrogen-bond donors (Lipinski definition) is 1. The molecule has 0 aliphatic heterocycles. The number of benzene rings is 2. The second-order valence-corrected chi connectivity index (χ2v) is 4.78. The molecule has 20 heavy (non-hydrogen) atoms. The van der Waals surface area contributed by atoms with Crippen molar-refractivity contribution >= 4 is 22.1 Å². The summed E-state index contributed by atoms with van der Waals surface area (Å²) in [5.74, 6) is -0.593. The van der Waals surface area contributed by atoms with Crippen LogP contribution in [0.2, 0.25) is 0 Å². The molecule has 5 nitrogen and oxygen atoms in total. The van der Waals surface area contributed by atoms with Crippen molar-refractivity contribution in [2.45, 2.75) is 0 Å². The summed E-state index contributed by atoms with van der Waals surface area (Å²) in [4.78, 5) is 11.9. The highest BCUT2D eigenvalue weighted by atomic mass is 32.3. The van der Waals surface area contributed by atoms with Gasteiger partial charge in [-0.3, -0.25) is 4.79 Å². The summed E-state index contributed by atoms with van der Waals surface area (Å²) in [6, 6.07) is 13.9. The van der Waals surface area contributed by atoms with E-state index in [4.69, 9.17) is 0 Å². The minimum atomic E-state index is -5.09. The van der Waals surface area contributed by atoms with Crippen LogP contribution in [-0.2, 0) is 10.5 Å². The monoisotopic (exact) mass is 295 g/mol. The minimum Gasteiger partial charge on any atom is -0.358 e. The Balaban J connectivity index is 2.14. The van der Waals surface area contributed by atoms with Crippen molar-refractivity contribution in [3.05, 3.63) is 60.2 Å². The van der Waals surface area contributed by atoms with Crippen molar-refractivity contribution in [2.24, 2.45) is 0 Å². The van der Waals surface area contributed by atoms with Crippen LogP contribution >= 0.6 is 0 Å². The molecule has 0 saturated carbocycles. The van der Waals surface area contributed by atoms with E-state index in [1.165, 1.54) is 24.3 Å². The van der Waals surface area contributed by atoms with Crippen LogP contribution in [0.5, 0.6) is 5.75 Å². The standard InChI is InChI=1S/C13H10FNO4S/c14-20(17,18)19-12-8-4-7-11(9-12)15-13(16)10-5-2-1-3-6-10/h1-9H,(H,15,16). The molecule has 0 atom stereocenters. The van der Waals surface area contributed by atoms with Crippen molar-refractivity contribution in [1.29, 1.82) is 0 Å². The average Bonchev–Trinajstić information content (AvgIpc) is 2.38. The van der Waals surface area contributed by atoms with Crippen LogP contribution in [-0.4, -0.2) is 14.3 Å². The fraction of sp³-hybridized carbons (Fsp3) is 0. The van der Waals surface area contributed by atoms with Gasteiger partial charge in [-0.1, -0.05) is 28.2 Å². The lowest BCUT2D eigenvalue weighted by Gasteiger charge is -2.06. The lowest BCUT2D eigenvalue weighted by molar-refractivity contribution is 0.102. The second-order valence-electron chi connectivity index (χ2n) is 3.82. The van der Waals surface area contributed by atoms with E-state index in [0.29, 0.717) is 11.3 Å². The van der Waals surface area contributed by atoms with E-state index in [2.05, 4.69) is 9.50 Å². The topological polar surface area (TPSA) is 72.5 Å². The first-order valence-electron chi connectivity index (χ1n) is 5.54. The van der Waals surface area contributed by atoms with Crippen molar-refractivity contribution in [3.8, 4) is 5.75 Å². The Morgan fingerprint density at radius 1 is 1.05 bits per heavy atom. The zero-order valence-electron chi connectivity index (χ0n) is 10.1. The average molecular weight is 295 g/mol. The van der Waals surface area contributed by atoms with Gasteiger partial charge in [-0.25, -0.2) is 0 Å². The number of carbonyl (C=O) groups excluding carboxylic acids is 1. The Morgan fingerprint density at radius 3 is 2.40 bits per heavy atom. The Kier molecular flexibility index (Phi) is 3.99. The van der Waals surface area contributed by atoms with Crippen LogP contribution in [0.4, 0.5) is 9.57 Å². The first-order valence-corrected chi connectivity index (χ1v) is 6.85. The predicted octanol–water partition coefficient (Wildman–Crippen LogP) is 2.53. The van der Waals surface area contributed by atoms with Gasteiger partial charge < -0.3 is 9.50 Å². The maximum atomic E-state index is 12.4. The van der Waals surface area contributed by atoms with E-state index in [-0.39, 0.29) is 11.7 Å². The van der Waals surface area contributed by atoms with Crippen LogP contribution in [0, 0.1) is 0 Å². The van der Waals surface area contributed by atoms with Crippen molar-refractivity contribution in [3.63, 3.8) is 0 Å². The van der Waals surface area contributed by atoms with Gasteiger partial charge in [0, 0.05) is 17.3 Å². The van der Waals surface area contributed by atoms with E-state index < -0.39 is 10.5 Å².